The van der Waals surface area contributed by atoms with Crippen molar-refractivity contribution < 1.29 is 18.5 Å². The fourth-order valence-electron chi connectivity index (χ4n) is 3.13. The third kappa shape index (κ3) is 3.96. The van der Waals surface area contributed by atoms with Crippen molar-refractivity contribution in [3.63, 3.8) is 0 Å². The van der Waals surface area contributed by atoms with Crippen LogP contribution in [0.2, 0.25) is 0 Å². The zero-order chi connectivity index (χ0) is 22.1. The van der Waals surface area contributed by atoms with Gasteiger partial charge in [0.25, 0.3) is 5.89 Å². The summed E-state index contributed by atoms with van der Waals surface area (Å²) in [5.41, 5.74) is 2.78. The molecule has 0 aliphatic heterocycles. The summed E-state index contributed by atoms with van der Waals surface area (Å²) in [5, 5.41) is 4.61. The van der Waals surface area contributed by atoms with Gasteiger partial charge in [-0.25, -0.2) is 4.79 Å². The Balaban J connectivity index is 1.78. The summed E-state index contributed by atoms with van der Waals surface area (Å²) in [6.07, 6.45) is 1.60. The van der Waals surface area contributed by atoms with Gasteiger partial charge in [0.1, 0.15) is 12.2 Å². The van der Waals surface area contributed by atoms with Crippen LogP contribution in [0.5, 0.6) is 0 Å². The number of carbonyl (C=O) groups excluding carboxylic acids is 1. The van der Waals surface area contributed by atoms with Crippen LogP contribution >= 0.6 is 0 Å². The van der Waals surface area contributed by atoms with Crippen LogP contribution in [0.15, 0.2) is 50.3 Å². The highest BCUT2D eigenvalue weighted by molar-refractivity contribution is 5.85. The quantitative estimate of drug-likeness (QED) is 0.442. The zero-order valence-corrected chi connectivity index (χ0v) is 17.6. The molecule has 0 aliphatic rings. The van der Waals surface area contributed by atoms with E-state index in [1.165, 1.54) is 0 Å². The molecule has 0 spiro atoms. The Labute approximate surface area is 177 Å². The van der Waals surface area contributed by atoms with Crippen molar-refractivity contribution in [1.29, 1.82) is 0 Å². The minimum atomic E-state index is -0.617. The molecular formula is C23H21N3O5. The molecule has 0 radical (unpaired) electrons. The molecule has 0 saturated carbocycles. The summed E-state index contributed by atoms with van der Waals surface area (Å²) in [6.45, 7) is 7.19. The summed E-state index contributed by atoms with van der Waals surface area (Å²) in [6, 6.07) is 9.23. The van der Waals surface area contributed by atoms with Gasteiger partial charge in [-0.3, -0.25) is 9.78 Å². The first kappa shape index (κ1) is 20.5. The lowest BCUT2D eigenvalue weighted by Crippen LogP contribution is -2.12. The van der Waals surface area contributed by atoms with Crippen LogP contribution in [0.1, 0.15) is 30.7 Å². The smallest absolute Gasteiger partial charge is 0.349 e. The van der Waals surface area contributed by atoms with Gasteiger partial charge < -0.3 is 13.7 Å². The summed E-state index contributed by atoms with van der Waals surface area (Å²) in [7, 11) is 0. The topological polar surface area (TPSA) is 108 Å². The fraction of sp³-hybridized carbons (Fsp3) is 0.261. The van der Waals surface area contributed by atoms with E-state index in [1.807, 2.05) is 31.2 Å². The average molecular weight is 419 g/mol. The lowest BCUT2D eigenvalue weighted by molar-refractivity contribution is -0.148. The van der Waals surface area contributed by atoms with E-state index in [-0.39, 0.29) is 29.9 Å². The van der Waals surface area contributed by atoms with Crippen LogP contribution in [0.3, 0.4) is 0 Å². The number of benzene rings is 1. The lowest BCUT2D eigenvalue weighted by atomic mass is 10.1. The minimum absolute atomic E-state index is 0.00620. The number of carbonyl (C=O) groups is 1. The van der Waals surface area contributed by atoms with Crippen LogP contribution in [0.25, 0.3) is 33.8 Å². The maximum absolute atomic E-state index is 12.7. The maximum atomic E-state index is 12.7. The molecule has 0 saturated heterocycles. The number of fused-ring (bicyclic) bond motifs is 1. The summed E-state index contributed by atoms with van der Waals surface area (Å²) < 4.78 is 16.2. The van der Waals surface area contributed by atoms with Crippen molar-refractivity contribution in [2.75, 3.05) is 0 Å². The summed E-state index contributed by atoms with van der Waals surface area (Å²) >= 11 is 0. The first-order valence-corrected chi connectivity index (χ1v) is 9.84. The number of nitrogens with zero attached hydrogens (tertiary/aromatic N) is 3. The van der Waals surface area contributed by atoms with Crippen molar-refractivity contribution in [3.8, 4) is 22.8 Å². The van der Waals surface area contributed by atoms with Gasteiger partial charge in [0, 0.05) is 22.7 Å². The van der Waals surface area contributed by atoms with Gasteiger partial charge in [0.2, 0.25) is 5.82 Å². The first-order chi connectivity index (χ1) is 14.8. The van der Waals surface area contributed by atoms with E-state index in [9.17, 15) is 9.59 Å². The fourth-order valence-corrected chi connectivity index (χ4v) is 3.13. The van der Waals surface area contributed by atoms with Crippen LogP contribution in [-0.2, 0) is 16.1 Å². The van der Waals surface area contributed by atoms with Crippen LogP contribution in [0.4, 0.5) is 0 Å². The van der Waals surface area contributed by atoms with Crippen LogP contribution in [-0.4, -0.2) is 21.1 Å². The number of rotatable bonds is 5. The van der Waals surface area contributed by atoms with Gasteiger partial charge in [-0.1, -0.05) is 43.3 Å². The monoisotopic (exact) mass is 419 g/mol. The van der Waals surface area contributed by atoms with Gasteiger partial charge in [-0.15, -0.1) is 0 Å². The Bertz CT molecular complexity index is 1340. The highest BCUT2D eigenvalue weighted by Crippen LogP contribution is 2.27. The predicted molar refractivity (Wildman–Crippen MR) is 113 cm³/mol. The Morgan fingerprint density at radius 3 is 2.68 bits per heavy atom. The molecule has 158 valence electrons. The van der Waals surface area contributed by atoms with Gasteiger partial charge in [-0.05, 0) is 25.5 Å². The second-order valence-electron chi connectivity index (χ2n) is 7.56. The molecule has 1 aromatic carbocycles. The second-order valence-corrected chi connectivity index (χ2v) is 7.56. The Hall–Kier alpha value is -3.81. The highest BCUT2D eigenvalue weighted by Gasteiger charge is 2.20. The molecule has 8 heteroatoms. The van der Waals surface area contributed by atoms with Gasteiger partial charge >= 0.3 is 11.6 Å². The molecule has 0 N–H and O–H groups in total. The molecule has 0 fully saturated rings. The van der Waals surface area contributed by atoms with Crippen molar-refractivity contribution in [1.82, 2.24) is 15.1 Å². The Morgan fingerprint density at radius 2 is 1.94 bits per heavy atom. The summed E-state index contributed by atoms with van der Waals surface area (Å²) in [4.78, 5) is 33.2. The van der Waals surface area contributed by atoms with E-state index in [0.717, 1.165) is 11.1 Å². The van der Waals surface area contributed by atoms with Crippen molar-refractivity contribution in [2.45, 2.75) is 34.3 Å². The van der Waals surface area contributed by atoms with Crippen molar-refractivity contribution in [3.05, 3.63) is 63.8 Å². The molecule has 0 aliphatic carbocycles. The molecule has 0 amide bonds. The van der Waals surface area contributed by atoms with Crippen LogP contribution < -0.4 is 5.63 Å². The predicted octanol–water partition coefficient (Wildman–Crippen LogP) is 4.22. The lowest BCUT2D eigenvalue weighted by Gasteiger charge is -2.10. The van der Waals surface area contributed by atoms with Crippen molar-refractivity contribution >= 4 is 16.9 Å². The number of esters is 1. The van der Waals surface area contributed by atoms with E-state index in [4.69, 9.17) is 13.7 Å². The standard InChI is InChI=1S/C23H21N3O5/c1-12(2)22(27)29-11-15-10-24-14(4)19-17(15)9-18(23(28)30-19)21-25-20(26-31-21)16-8-6-5-7-13(16)3/h5-10,12H,11H2,1-4H3. The molecule has 8 nitrogen and oxygen atoms in total. The van der Waals surface area contributed by atoms with E-state index >= 15 is 0 Å². The molecule has 4 aromatic rings. The van der Waals surface area contributed by atoms with E-state index < -0.39 is 5.63 Å². The summed E-state index contributed by atoms with van der Waals surface area (Å²) in [5.74, 6) is -0.152. The van der Waals surface area contributed by atoms with Crippen molar-refractivity contribution in [2.24, 2.45) is 5.92 Å². The number of hydrogen-bond donors (Lipinski definition) is 0. The normalized spacial score (nSPS) is 11.3. The number of hydrogen-bond acceptors (Lipinski definition) is 8. The second kappa shape index (κ2) is 8.14. The molecule has 3 aromatic heterocycles. The molecule has 0 bridgehead atoms. The van der Waals surface area contributed by atoms with Crippen LogP contribution in [0, 0.1) is 19.8 Å². The first-order valence-electron chi connectivity index (χ1n) is 9.84. The third-order valence-corrected chi connectivity index (χ3v) is 4.92. The molecular weight excluding hydrogens is 398 g/mol. The average Bonchev–Trinajstić information content (AvgIpc) is 3.23. The van der Waals surface area contributed by atoms with Gasteiger partial charge in [0.05, 0.1) is 11.6 Å². The SMILES string of the molecule is Cc1ccccc1-c1noc(-c2cc3c(COC(=O)C(C)C)cnc(C)c3oc2=O)n1. The molecule has 0 atom stereocenters. The molecule has 31 heavy (non-hydrogen) atoms. The molecule has 0 unspecified atom stereocenters. The van der Waals surface area contributed by atoms with E-state index in [1.54, 1.807) is 33.0 Å². The number of ether oxygens (including phenoxy) is 1. The largest absolute Gasteiger partial charge is 0.461 e. The van der Waals surface area contributed by atoms with Gasteiger partial charge in [0.15, 0.2) is 5.58 Å². The Morgan fingerprint density at radius 1 is 1.16 bits per heavy atom. The number of pyridine rings is 1. The zero-order valence-electron chi connectivity index (χ0n) is 17.6. The molecule has 4 rings (SSSR count). The third-order valence-electron chi connectivity index (χ3n) is 4.92. The number of aryl methyl sites for hydroxylation is 2. The number of aromatic nitrogens is 3. The molecule has 3 heterocycles. The Kier molecular flexibility index (Phi) is 5.37. The van der Waals surface area contributed by atoms with E-state index in [0.29, 0.717) is 28.1 Å². The van der Waals surface area contributed by atoms with Gasteiger partial charge in [-0.2, -0.15) is 4.98 Å². The van der Waals surface area contributed by atoms with E-state index in [2.05, 4.69) is 15.1 Å². The maximum Gasteiger partial charge on any atom is 0.349 e. The minimum Gasteiger partial charge on any atom is -0.461 e. The highest BCUT2D eigenvalue weighted by atomic mass is 16.5.